The highest BCUT2D eigenvalue weighted by Gasteiger charge is 2.19. The molecule has 1 N–H and O–H groups in total. The lowest BCUT2D eigenvalue weighted by atomic mass is 10.0. The third-order valence-corrected chi connectivity index (χ3v) is 6.69. The highest BCUT2D eigenvalue weighted by Crippen LogP contribution is 2.33. The molecular formula is C31H33N3O4. The average Bonchev–Trinajstić information content (AvgIpc) is 3.59. The normalized spacial score (nSPS) is 13.2. The fourth-order valence-electron chi connectivity index (χ4n) is 4.51. The molecule has 1 amide bonds. The number of nitrogens with zero attached hydrogens (tertiary/aromatic N) is 2. The van der Waals surface area contributed by atoms with Crippen molar-refractivity contribution >= 4 is 5.91 Å². The number of ether oxygens (including phenoxy) is 2. The SMILES string of the molecule is CC(C)c1ccc(CN(Cc2ccc3c(c2)OCO3)Cc2nc(C(=O)NC(C)c3ccccc3)co2)cc1. The van der Waals surface area contributed by atoms with Crippen LogP contribution in [0.4, 0.5) is 0 Å². The molecule has 1 aliphatic rings. The van der Waals surface area contributed by atoms with Gasteiger partial charge in [0.05, 0.1) is 12.6 Å². The first-order chi connectivity index (χ1) is 18.4. The largest absolute Gasteiger partial charge is 0.454 e. The van der Waals surface area contributed by atoms with Crippen LogP contribution in [0.25, 0.3) is 0 Å². The summed E-state index contributed by atoms with van der Waals surface area (Å²) >= 11 is 0. The van der Waals surface area contributed by atoms with Gasteiger partial charge in [-0.3, -0.25) is 9.69 Å². The molecule has 1 atom stereocenters. The quantitative estimate of drug-likeness (QED) is 0.272. The molecule has 7 heteroatoms. The van der Waals surface area contributed by atoms with Crippen LogP contribution in [0.2, 0.25) is 0 Å². The summed E-state index contributed by atoms with van der Waals surface area (Å²) in [5, 5.41) is 3.00. The van der Waals surface area contributed by atoms with Crippen LogP contribution in [0, 0.1) is 0 Å². The number of nitrogens with one attached hydrogen (secondary N) is 1. The van der Waals surface area contributed by atoms with Crippen LogP contribution in [0.3, 0.4) is 0 Å². The topological polar surface area (TPSA) is 76.8 Å². The van der Waals surface area contributed by atoms with E-state index in [2.05, 4.69) is 53.3 Å². The molecule has 1 aromatic heterocycles. The monoisotopic (exact) mass is 511 g/mol. The van der Waals surface area contributed by atoms with Gasteiger partial charge in [-0.05, 0) is 47.2 Å². The van der Waals surface area contributed by atoms with Crippen LogP contribution in [-0.4, -0.2) is 22.6 Å². The van der Waals surface area contributed by atoms with Crippen molar-refractivity contribution in [2.75, 3.05) is 6.79 Å². The van der Waals surface area contributed by atoms with Crippen molar-refractivity contribution in [1.29, 1.82) is 0 Å². The third-order valence-electron chi connectivity index (χ3n) is 6.69. The first-order valence-electron chi connectivity index (χ1n) is 12.9. The van der Waals surface area contributed by atoms with Crippen LogP contribution < -0.4 is 14.8 Å². The molecule has 0 aliphatic carbocycles. The van der Waals surface area contributed by atoms with Gasteiger partial charge in [-0.2, -0.15) is 0 Å². The Bertz CT molecular complexity index is 1370. The molecule has 38 heavy (non-hydrogen) atoms. The molecule has 0 spiro atoms. The van der Waals surface area contributed by atoms with Crippen molar-refractivity contribution < 1.29 is 18.7 Å². The van der Waals surface area contributed by atoms with Gasteiger partial charge in [0.25, 0.3) is 5.91 Å². The van der Waals surface area contributed by atoms with E-state index in [4.69, 9.17) is 13.9 Å². The first-order valence-corrected chi connectivity index (χ1v) is 12.9. The number of hydrogen-bond acceptors (Lipinski definition) is 6. The Morgan fingerprint density at radius 1 is 0.868 bits per heavy atom. The van der Waals surface area contributed by atoms with Gasteiger partial charge in [-0.1, -0.05) is 74.5 Å². The van der Waals surface area contributed by atoms with Crippen molar-refractivity contribution in [3.05, 3.63) is 113 Å². The molecule has 0 saturated heterocycles. The molecule has 5 rings (SSSR count). The van der Waals surface area contributed by atoms with E-state index in [1.54, 1.807) is 0 Å². The predicted octanol–water partition coefficient (Wildman–Crippen LogP) is 6.22. The summed E-state index contributed by atoms with van der Waals surface area (Å²) in [5.41, 5.74) is 4.89. The zero-order chi connectivity index (χ0) is 26.5. The molecule has 7 nitrogen and oxygen atoms in total. The molecule has 0 radical (unpaired) electrons. The second-order valence-electron chi connectivity index (χ2n) is 9.96. The number of oxazole rings is 1. The summed E-state index contributed by atoms with van der Waals surface area (Å²) in [6.07, 6.45) is 1.43. The molecular weight excluding hydrogens is 478 g/mol. The molecule has 0 bridgehead atoms. The highest BCUT2D eigenvalue weighted by molar-refractivity contribution is 5.92. The summed E-state index contributed by atoms with van der Waals surface area (Å²) in [6.45, 7) is 8.37. The second kappa shape index (κ2) is 11.5. The zero-order valence-electron chi connectivity index (χ0n) is 22.0. The van der Waals surface area contributed by atoms with Crippen LogP contribution in [0.1, 0.15) is 71.4 Å². The first kappa shape index (κ1) is 25.5. The van der Waals surface area contributed by atoms with E-state index >= 15 is 0 Å². The van der Waals surface area contributed by atoms with Crippen molar-refractivity contribution in [2.24, 2.45) is 0 Å². The minimum absolute atomic E-state index is 0.139. The lowest BCUT2D eigenvalue weighted by Gasteiger charge is -2.21. The number of amides is 1. The van der Waals surface area contributed by atoms with Gasteiger partial charge in [0.1, 0.15) is 6.26 Å². The maximum absolute atomic E-state index is 12.8. The van der Waals surface area contributed by atoms with E-state index in [1.165, 1.54) is 17.4 Å². The molecule has 1 unspecified atom stereocenters. The summed E-state index contributed by atoms with van der Waals surface area (Å²) in [7, 11) is 0. The summed E-state index contributed by atoms with van der Waals surface area (Å²) in [4.78, 5) is 19.6. The maximum Gasteiger partial charge on any atom is 0.273 e. The molecule has 4 aromatic rings. The van der Waals surface area contributed by atoms with Gasteiger partial charge in [0.15, 0.2) is 17.2 Å². The number of carbonyl (C=O) groups excluding carboxylic acids is 1. The summed E-state index contributed by atoms with van der Waals surface area (Å²) < 4.78 is 16.8. The van der Waals surface area contributed by atoms with Gasteiger partial charge in [-0.25, -0.2) is 4.98 Å². The number of hydrogen-bond donors (Lipinski definition) is 1. The zero-order valence-corrected chi connectivity index (χ0v) is 22.0. The van der Waals surface area contributed by atoms with Crippen LogP contribution in [0.5, 0.6) is 11.5 Å². The van der Waals surface area contributed by atoms with E-state index in [1.807, 2.05) is 55.5 Å². The summed E-state index contributed by atoms with van der Waals surface area (Å²) in [6, 6.07) is 24.4. The van der Waals surface area contributed by atoms with Gasteiger partial charge in [-0.15, -0.1) is 0 Å². The number of aromatic nitrogens is 1. The number of benzene rings is 3. The molecule has 2 heterocycles. The van der Waals surface area contributed by atoms with E-state index in [9.17, 15) is 4.79 Å². The minimum Gasteiger partial charge on any atom is -0.454 e. The van der Waals surface area contributed by atoms with Gasteiger partial charge >= 0.3 is 0 Å². The van der Waals surface area contributed by atoms with Crippen molar-refractivity contribution in [1.82, 2.24) is 15.2 Å². The Labute approximate surface area is 223 Å². The van der Waals surface area contributed by atoms with Gasteiger partial charge in [0.2, 0.25) is 12.7 Å². The molecule has 3 aromatic carbocycles. The third kappa shape index (κ3) is 6.23. The predicted molar refractivity (Wildman–Crippen MR) is 145 cm³/mol. The standard InChI is InChI=1S/C31H33N3O4/c1-21(2)25-12-9-23(10-13-25)16-34(17-24-11-14-28-29(15-24)38-20-37-28)18-30-33-27(19-36-30)31(35)32-22(3)26-7-5-4-6-8-26/h4-15,19,21-22H,16-18,20H2,1-3H3,(H,32,35). The number of carbonyl (C=O) groups is 1. The lowest BCUT2D eigenvalue weighted by Crippen LogP contribution is -2.27. The van der Waals surface area contributed by atoms with Crippen molar-refractivity contribution in [3.63, 3.8) is 0 Å². The molecule has 196 valence electrons. The summed E-state index contributed by atoms with van der Waals surface area (Å²) in [5.74, 6) is 2.23. The van der Waals surface area contributed by atoms with E-state index < -0.39 is 0 Å². The Morgan fingerprint density at radius 2 is 1.58 bits per heavy atom. The molecule has 0 saturated carbocycles. The van der Waals surface area contributed by atoms with Crippen LogP contribution in [-0.2, 0) is 19.6 Å². The van der Waals surface area contributed by atoms with Crippen molar-refractivity contribution in [3.8, 4) is 11.5 Å². The maximum atomic E-state index is 12.8. The number of rotatable bonds is 10. The Kier molecular flexibility index (Phi) is 7.75. The van der Waals surface area contributed by atoms with Gasteiger partial charge in [0, 0.05) is 13.1 Å². The Morgan fingerprint density at radius 3 is 2.34 bits per heavy atom. The average molecular weight is 512 g/mol. The van der Waals surface area contributed by atoms with Crippen molar-refractivity contribution in [2.45, 2.75) is 52.4 Å². The lowest BCUT2D eigenvalue weighted by molar-refractivity contribution is 0.0934. The minimum atomic E-state index is -0.261. The Hall–Kier alpha value is -4.10. The fourth-order valence-corrected chi connectivity index (χ4v) is 4.51. The van der Waals surface area contributed by atoms with Crippen LogP contribution >= 0.6 is 0 Å². The number of fused-ring (bicyclic) bond motifs is 1. The highest BCUT2D eigenvalue weighted by atomic mass is 16.7. The second-order valence-corrected chi connectivity index (χ2v) is 9.96. The van der Waals surface area contributed by atoms with Gasteiger partial charge < -0.3 is 19.2 Å². The Balaban J connectivity index is 1.30. The molecule has 1 aliphatic heterocycles. The van der Waals surface area contributed by atoms with E-state index in [-0.39, 0.29) is 24.4 Å². The van der Waals surface area contributed by atoms with E-state index in [0.29, 0.717) is 31.4 Å². The van der Waals surface area contributed by atoms with E-state index in [0.717, 1.165) is 22.6 Å². The van der Waals surface area contributed by atoms with Crippen LogP contribution in [0.15, 0.2) is 83.5 Å². The smallest absolute Gasteiger partial charge is 0.273 e. The molecule has 0 fully saturated rings. The fraction of sp³-hybridized carbons (Fsp3) is 0.290.